The summed E-state index contributed by atoms with van der Waals surface area (Å²) in [5.74, 6) is -0.183. The summed E-state index contributed by atoms with van der Waals surface area (Å²) in [4.78, 5) is 11.6. The fourth-order valence-corrected chi connectivity index (χ4v) is 1.67. The van der Waals surface area contributed by atoms with Crippen molar-refractivity contribution in [2.24, 2.45) is 0 Å². The smallest absolute Gasteiger partial charge is 0.236 e. The standard InChI is InChI=1S/C12H14INO2/c1-2-10(15)11(13)12(16)14-8-9-6-4-3-5-7-9/h2-7,10-11,15H,1,8H2,(H,14,16). The van der Waals surface area contributed by atoms with Crippen LogP contribution >= 0.6 is 22.6 Å². The molecule has 0 fully saturated rings. The summed E-state index contributed by atoms with van der Waals surface area (Å²) in [6.45, 7) is 3.92. The van der Waals surface area contributed by atoms with E-state index in [2.05, 4.69) is 11.9 Å². The van der Waals surface area contributed by atoms with Gasteiger partial charge in [-0.05, 0) is 5.56 Å². The Bertz CT molecular complexity index is 353. The summed E-state index contributed by atoms with van der Waals surface area (Å²) in [5.41, 5.74) is 1.03. The zero-order valence-electron chi connectivity index (χ0n) is 8.77. The lowest BCUT2D eigenvalue weighted by atomic mass is 10.2. The number of hydrogen-bond donors (Lipinski definition) is 2. The SMILES string of the molecule is C=CC(O)C(I)C(=O)NCc1ccccc1. The molecule has 1 aromatic carbocycles. The summed E-state index contributed by atoms with van der Waals surface area (Å²) in [6, 6.07) is 9.63. The van der Waals surface area contributed by atoms with Gasteiger partial charge in [0, 0.05) is 6.54 Å². The minimum atomic E-state index is -0.809. The Hall–Kier alpha value is -0.880. The van der Waals surface area contributed by atoms with E-state index < -0.39 is 10.0 Å². The summed E-state index contributed by atoms with van der Waals surface area (Å²) in [6.07, 6.45) is 0.551. The van der Waals surface area contributed by atoms with Crippen molar-refractivity contribution in [3.63, 3.8) is 0 Å². The molecule has 3 nitrogen and oxygen atoms in total. The van der Waals surface area contributed by atoms with Gasteiger partial charge >= 0.3 is 0 Å². The maximum absolute atomic E-state index is 11.6. The van der Waals surface area contributed by atoms with Crippen LogP contribution in [-0.2, 0) is 11.3 Å². The van der Waals surface area contributed by atoms with E-state index in [-0.39, 0.29) is 5.91 Å². The Morgan fingerprint density at radius 3 is 2.69 bits per heavy atom. The van der Waals surface area contributed by atoms with Crippen LogP contribution < -0.4 is 5.32 Å². The fourth-order valence-electron chi connectivity index (χ4n) is 1.16. The van der Waals surface area contributed by atoms with Crippen LogP contribution in [0, 0.1) is 0 Å². The molecule has 0 radical (unpaired) electrons. The number of aliphatic hydroxyl groups excluding tert-OH is 1. The van der Waals surface area contributed by atoms with Gasteiger partial charge in [0.25, 0.3) is 0 Å². The topological polar surface area (TPSA) is 49.3 Å². The number of halogens is 1. The third-order valence-electron chi connectivity index (χ3n) is 2.10. The fraction of sp³-hybridized carbons (Fsp3) is 0.250. The van der Waals surface area contributed by atoms with Crippen LogP contribution in [-0.4, -0.2) is 21.0 Å². The van der Waals surface area contributed by atoms with Crippen LogP contribution in [0.5, 0.6) is 0 Å². The predicted octanol–water partition coefficient (Wildman–Crippen LogP) is 1.65. The van der Waals surface area contributed by atoms with E-state index in [4.69, 9.17) is 0 Å². The number of carbonyl (C=O) groups is 1. The molecule has 86 valence electrons. The number of amides is 1. The molecule has 0 saturated carbocycles. The molecule has 1 amide bonds. The first-order valence-corrected chi connectivity index (χ1v) is 6.16. The van der Waals surface area contributed by atoms with Gasteiger partial charge in [-0.2, -0.15) is 0 Å². The van der Waals surface area contributed by atoms with Crippen molar-refractivity contribution >= 4 is 28.5 Å². The second kappa shape index (κ2) is 6.65. The van der Waals surface area contributed by atoms with Crippen molar-refractivity contribution < 1.29 is 9.90 Å². The number of aliphatic hydroxyl groups is 1. The second-order valence-electron chi connectivity index (χ2n) is 3.33. The van der Waals surface area contributed by atoms with E-state index in [0.29, 0.717) is 6.54 Å². The number of carbonyl (C=O) groups excluding carboxylic acids is 1. The molecule has 2 atom stereocenters. The largest absolute Gasteiger partial charge is 0.387 e. The molecular formula is C12H14INO2. The summed E-state index contributed by atoms with van der Waals surface area (Å²) in [7, 11) is 0. The molecule has 0 aliphatic heterocycles. The van der Waals surface area contributed by atoms with Crippen LogP contribution in [0.3, 0.4) is 0 Å². The lowest BCUT2D eigenvalue weighted by Gasteiger charge is -2.13. The van der Waals surface area contributed by atoms with Crippen LogP contribution in [0.4, 0.5) is 0 Å². The van der Waals surface area contributed by atoms with E-state index >= 15 is 0 Å². The highest BCUT2D eigenvalue weighted by Gasteiger charge is 2.20. The van der Waals surface area contributed by atoms with Crippen molar-refractivity contribution in [3.05, 3.63) is 48.6 Å². The minimum absolute atomic E-state index is 0.183. The van der Waals surface area contributed by atoms with Gasteiger partial charge in [-0.1, -0.05) is 59.0 Å². The number of benzene rings is 1. The molecule has 0 saturated heterocycles. The van der Waals surface area contributed by atoms with Crippen LogP contribution in [0.25, 0.3) is 0 Å². The molecule has 2 N–H and O–H groups in total. The van der Waals surface area contributed by atoms with Crippen molar-refractivity contribution in [3.8, 4) is 0 Å². The van der Waals surface area contributed by atoms with E-state index in [1.165, 1.54) is 6.08 Å². The lowest BCUT2D eigenvalue weighted by molar-refractivity contribution is -0.121. The summed E-state index contributed by atoms with van der Waals surface area (Å²) in [5, 5.41) is 12.2. The normalized spacial score (nSPS) is 13.9. The first kappa shape index (κ1) is 13.2. The summed E-state index contributed by atoms with van der Waals surface area (Å²) >= 11 is 1.90. The molecule has 16 heavy (non-hydrogen) atoms. The Kier molecular flexibility index (Phi) is 5.48. The molecule has 2 unspecified atom stereocenters. The Morgan fingerprint density at radius 1 is 1.50 bits per heavy atom. The van der Waals surface area contributed by atoms with Crippen molar-refractivity contribution in [1.82, 2.24) is 5.32 Å². The van der Waals surface area contributed by atoms with Gasteiger partial charge < -0.3 is 10.4 Å². The lowest BCUT2D eigenvalue weighted by Crippen LogP contribution is -2.36. The van der Waals surface area contributed by atoms with Crippen molar-refractivity contribution in [1.29, 1.82) is 0 Å². The van der Waals surface area contributed by atoms with E-state index in [9.17, 15) is 9.90 Å². The molecule has 0 spiro atoms. The first-order chi connectivity index (χ1) is 7.65. The molecule has 1 rings (SSSR count). The van der Waals surface area contributed by atoms with Gasteiger partial charge in [0.2, 0.25) is 5.91 Å². The third kappa shape index (κ3) is 3.94. The highest BCUT2D eigenvalue weighted by molar-refractivity contribution is 14.1. The van der Waals surface area contributed by atoms with Crippen molar-refractivity contribution in [2.45, 2.75) is 16.6 Å². The quantitative estimate of drug-likeness (QED) is 0.490. The van der Waals surface area contributed by atoms with Gasteiger partial charge in [-0.15, -0.1) is 6.58 Å². The number of rotatable bonds is 5. The molecule has 0 aliphatic rings. The number of nitrogens with one attached hydrogen (secondary N) is 1. The average Bonchev–Trinajstić information content (AvgIpc) is 2.35. The highest BCUT2D eigenvalue weighted by Crippen LogP contribution is 2.08. The molecule has 4 heteroatoms. The molecule has 0 bridgehead atoms. The average molecular weight is 331 g/mol. The van der Waals surface area contributed by atoms with Gasteiger partial charge in [0.15, 0.2) is 0 Å². The van der Waals surface area contributed by atoms with E-state index in [0.717, 1.165) is 5.56 Å². The van der Waals surface area contributed by atoms with Crippen LogP contribution in [0.1, 0.15) is 5.56 Å². The van der Waals surface area contributed by atoms with Crippen LogP contribution in [0.15, 0.2) is 43.0 Å². The maximum atomic E-state index is 11.6. The van der Waals surface area contributed by atoms with Crippen molar-refractivity contribution in [2.75, 3.05) is 0 Å². The summed E-state index contributed by atoms with van der Waals surface area (Å²) < 4.78 is -0.501. The van der Waals surface area contributed by atoms with E-state index in [1.54, 1.807) is 0 Å². The maximum Gasteiger partial charge on any atom is 0.236 e. The monoisotopic (exact) mass is 331 g/mol. The first-order valence-electron chi connectivity index (χ1n) is 4.91. The predicted molar refractivity (Wildman–Crippen MR) is 72.3 cm³/mol. The van der Waals surface area contributed by atoms with Gasteiger partial charge in [-0.3, -0.25) is 4.79 Å². The molecule has 0 aliphatic carbocycles. The zero-order valence-corrected chi connectivity index (χ0v) is 10.9. The Morgan fingerprint density at radius 2 is 2.12 bits per heavy atom. The number of hydrogen-bond acceptors (Lipinski definition) is 2. The van der Waals surface area contributed by atoms with Crippen LogP contribution in [0.2, 0.25) is 0 Å². The van der Waals surface area contributed by atoms with Gasteiger partial charge in [0.05, 0.1) is 6.10 Å². The third-order valence-corrected chi connectivity index (χ3v) is 3.40. The number of alkyl halides is 1. The molecule has 0 aromatic heterocycles. The highest BCUT2D eigenvalue weighted by atomic mass is 127. The van der Waals surface area contributed by atoms with Gasteiger partial charge in [0.1, 0.15) is 3.92 Å². The van der Waals surface area contributed by atoms with E-state index in [1.807, 2.05) is 52.9 Å². The molecule has 0 heterocycles. The van der Waals surface area contributed by atoms with Gasteiger partial charge in [-0.25, -0.2) is 0 Å². The Labute approximate surface area is 109 Å². The zero-order chi connectivity index (χ0) is 12.0. The minimum Gasteiger partial charge on any atom is -0.387 e. The molecular weight excluding hydrogens is 317 g/mol. The Balaban J connectivity index is 2.44. The second-order valence-corrected chi connectivity index (χ2v) is 4.67. The molecule has 1 aromatic rings.